The number of nitrogens with zero attached hydrogens (tertiary/aromatic N) is 3. The van der Waals surface area contributed by atoms with Crippen molar-refractivity contribution >= 4 is 17.4 Å². The van der Waals surface area contributed by atoms with Crippen LogP contribution in [0.5, 0.6) is 0 Å². The first-order chi connectivity index (χ1) is 9.74. The highest BCUT2D eigenvalue weighted by atomic mass is 32.1. The number of anilines is 1. The summed E-state index contributed by atoms with van der Waals surface area (Å²) in [5.41, 5.74) is 0. The van der Waals surface area contributed by atoms with Gasteiger partial charge >= 0.3 is 6.01 Å². The maximum Gasteiger partial charge on any atom is 0.316 e. The molecule has 2 N–H and O–H groups in total. The number of nitrogens with one attached hydrogen (secondary N) is 2. The van der Waals surface area contributed by atoms with Crippen molar-refractivity contribution in [2.75, 3.05) is 11.9 Å². The zero-order valence-electron chi connectivity index (χ0n) is 12.1. The zero-order chi connectivity index (χ0) is 14.4. The molecule has 2 aromatic rings. The van der Waals surface area contributed by atoms with E-state index in [-0.39, 0.29) is 12.1 Å². The number of rotatable bonds is 8. The first-order valence-corrected chi connectivity index (χ1v) is 7.85. The number of thiazole rings is 1. The molecule has 110 valence electrons. The molecule has 0 radical (unpaired) electrons. The first-order valence-electron chi connectivity index (χ1n) is 6.97. The Hall–Kier alpha value is -1.47. The lowest BCUT2D eigenvalue weighted by Gasteiger charge is -2.12. The van der Waals surface area contributed by atoms with Crippen LogP contribution in [0.1, 0.15) is 56.6 Å². The quantitative estimate of drug-likeness (QED) is 0.779. The van der Waals surface area contributed by atoms with Gasteiger partial charge in [0.15, 0.2) is 0 Å². The summed E-state index contributed by atoms with van der Waals surface area (Å²) in [5, 5.41) is 17.7. The van der Waals surface area contributed by atoms with Gasteiger partial charge in [0.05, 0.1) is 12.1 Å². The van der Waals surface area contributed by atoms with E-state index in [1.807, 2.05) is 12.3 Å². The van der Waals surface area contributed by atoms with Crippen molar-refractivity contribution in [3.8, 4) is 0 Å². The summed E-state index contributed by atoms with van der Waals surface area (Å²) in [6, 6.07) is 0.632. The number of hydrogen-bond acceptors (Lipinski definition) is 7. The fraction of sp³-hybridized carbons (Fsp3) is 0.615. The molecule has 6 nitrogen and oxygen atoms in total. The van der Waals surface area contributed by atoms with Crippen LogP contribution in [0.25, 0.3) is 0 Å². The molecule has 2 aromatic heterocycles. The van der Waals surface area contributed by atoms with Gasteiger partial charge in [-0.1, -0.05) is 18.9 Å². The van der Waals surface area contributed by atoms with Crippen molar-refractivity contribution in [3.05, 3.63) is 22.5 Å². The van der Waals surface area contributed by atoms with Gasteiger partial charge in [0.2, 0.25) is 5.89 Å². The molecule has 0 amide bonds. The Morgan fingerprint density at radius 3 is 2.85 bits per heavy atom. The third kappa shape index (κ3) is 3.77. The maximum absolute atomic E-state index is 5.65. The molecule has 0 saturated carbocycles. The minimum Gasteiger partial charge on any atom is -0.406 e. The Kier molecular flexibility index (Phi) is 5.49. The highest BCUT2D eigenvalue weighted by Crippen LogP contribution is 2.24. The fourth-order valence-corrected chi connectivity index (χ4v) is 2.58. The van der Waals surface area contributed by atoms with Gasteiger partial charge in [0.1, 0.15) is 5.01 Å². The number of aromatic nitrogens is 3. The van der Waals surface area contributed by atoms with Gasteiger partial charge in [-0.25, -0.2) is 4.98 Å². The van der Waals surface area contributed by atoms with Crippen LogP contribution in [0.4, 0.5) is 6.01 Å². The molecular formula is C13H21N5OS. The molecule has 0 spiro atoms. The average molecular weight is 295 g/mol. The highest BCUT2D eigenvalue weighted by molar-refractivity contribution is 7.09. The molecule has 0 aliphatic heterocycles. The molecular weight excluding hydrogens is 274 g/mol. The second-order valence-corrected chi connectivity index (χ2v) is 5.52. The minimum atomic E-state index is 0.0675. The highest BCUT2D eigenvalue weighted by Gasteiger charge is 2.17. The predicted octanol–water partition coefficient (Wildman–Crippen LogP) is 3.15. The van der Waals surface area contributed by atoms with E-state index < -0.39 is 0 Å². The van der Waals surface area contributed by atoms with Crippen LogP contribution < -0.4 is 10.6 Å². The smallest absolute Gasteiger partial charge is 0.316 e. The van der Waals surface area contributed by atoms with E-state index in [0.717, 1.165) is 24.4 Å². The van der Waals surface area contributed by atoms with Crippen LogP contribution in [0.15, 0.2) is 16.0 Å². The van der Waals surface area contributed by atoms with E-state index in [2.05, 4.69) is 39.7 Å². The summed E-state index contributed by atoms with van der Waals surface area (Å²) in [7, 11) is 0. The standard InChI is InChI=1S/C13H21N5OS/c1-4-6-14-9(3)11-17-18-13(19-11)16-10(5-2)12-15-7-8-20-12/h7-10,14H,4-6H2,1-3H3,(H,16,18). The van der Waals surface area contributed by atoms with Gasteiger partial charge in [0, 0.05) is 11.6 Å². The molecule has 0 saturated heterocycles. The summed E-state index contributed by atoms with van der Waals surface area (Å²) >= 11 is 1.62. The van der Waals surface area contributed by atoms with Crippen LogP contribution in [-0.4, -0.2) is 21.7 Å². The van der Waals surface area contributed by atoms with E-state index in [1.54, 1.807) is 17.5 Å². The minimum absolute atomic E-state index is 0.0675. The molecule has 0 aromatic carbocycles. The van der Waals surface area contributed by atoms with E-state index in [1.165, 1.54) is 0 Å². The van der Waals surface area contributed by atoms with Crippen molar-refractivity contribution in [2.45, 2.75) is 45.7 Å². The zero-order valence-corrected chi connectivity index (χ0v) is 12.9. The number of hydrogen-bond donors (Lipinski definition) is 2. The Morgan fingerprint density at radius 2 is 2.20 bits per heavy atom. The van der Waals surface area contributed by atoms with Crippen molar-refractivity contribution < 1.29 is 4.42 Å². The third-order valence-corrected chi connectivity index (χ3v) is 3.86. The van der Waals surface area contributed by atoms with E-state index in [9.17, 15) is 0 Å². The molecule has 2 rings (SSSR count). The Bertz CT molecular complexity index is 499. The van der Waals surface area contributed by atoms with E-state index in [4.69, 9.17) is 4.42 Å². The van der Waals surface area contributed by atoms with Gasteiger partial charge in [-0.3, -0.25) is 0 Å². The van der Waals surface area contributed by atoms with Gasteiger partial charge in [-0.15, -0.1) is 16.4 Å². The molecule has 7 heteroatoms. The fourth-order valence-electron chi connectivity index (χ4n) is 1.81. The lowest BCUT2D eigenvalue weighted by Crippen LogP contribution is -2.19. The summed E-state index contributed by atoms with van der Waals surface area (Å²) in [6.45, 7) is 7.18. The van der Waals surface area contributed by atoms with Crippen molar-refractivity contribution in [1.29, 1.82) is 0 Å². The molecule has 0 aliphatic rings. The van der Waals surface area contributed by atoms with Crippen molar-refractivity contribution in [3.63, 3.8) is 0 Å². The average Bonchev–Trinajstić information content (AvgIpc) is 3.13. The van der Waals surface area contributed by atoms with Crippen LogP contribution in [0.2, 0.25) is 0 Å². The SMILES string of the molecule is CCCNC(C)c1nnc(NC(CC)c2nccs2)o1. The summed E-state index contributed by atoms with van der Waals surface area (Å²) in [5.74, 6) is 0.606. The largest absolute Gasteiger partial charge is 0.406 e. The lowest BCUT2D eigenvalue weighted by atomic mass is 10.2. The second-order valence-electron chi connectivity index (χ2n) is 4.60. The molecule has 2 atom stereocenters. The van der Waals surface area contributed by atoms with Crippen LogP contribution in [0.3, 0.4) is 0 Å². The molecule has 0 bridgehead atoms. The normalized spacial score (nSPS) is 14.2. The first kappa shape index (κ1) is 14.9. The van der Waals surface area contributed by atoms with Crippen LogP contribution in [0, 0.1) is 0 Å². The van der Waals surface area contributed by atoms with E-state index in [0.29, 0.717) is 11.9 Å². The van der Waals surface area contributed by atoms with Crippen molar-refractivity contribution in [2.24, 2.45) is 0 Å². The monoisotopic (exact) mass is 295 g/mol. The summed E-state index contributed by atoms with van der Waals surface area (Å²) in [4.78, 5) is 4.32. The van der Waals surface area contributed by atoms with Crippen LogP contribution >= 0.6 is 11.3 Å². The lowest BCUT2D eigenvalue weighted by molar-refractivity contribution is 0.420. The Labute approximate surface area is 123 Å². The molecule has 2 heterocycles. The summed E-state index contributed by atoms with van der Waals surface area (Å²) in [6.07, 6.45) is 3.79. The van der Waals surface area contributed by atoms with Gasteiger partial charge < -0.3 is 15.1 Å². The van der Waals surface area contributed by atoms with Gasteiger partial charge in [0.25, 0.3) is 0 Å². The molecule has 0 fully saturated rings. The molecule has 2 unspecified atom stereocenters. The summed E-state index contributed by atoms with van der Waals surface area (Å²) < 4.78 is 5.65. The van der Waals surface area contributed by atoms with Crippen LogP contribution in [-0.2, 0) is 0 Å². The van der Waals surface area contributed by atoms with E-state index >= 15 is 0 Å². The second kappa shape index (κ2) is 7.35. The molecule has 0 aliphatic carbocycles. The maximum atomic E-state index is 5.65. The third-order valence-electron chi connectivity index (χ3n) is 2.97. The van der Waals surface area contributed by atoms with Gasteiger partial charge in [-0.2, -0.15) is 0 Å². The topological polar surface area (TPSA) is 75.9 Å². The molecule has 20 heavy (non-hydrogen) atoms. The predicted molar refractivity (Wildman–Crippen MR) is 79.8 cm³/mol. The van der Waals surface area contributed by atoms with Crippen molar-refractivity contribution in [1.82, 2.24) is 20.5 Å². The van der Waals surface area contributed by atoms with Gasteiger partial charge in [-0.05, 0) is 26.3 Å². The Morgan fingerprint density at radius 1 is 1.35 bits per heavy atom. The Balaban J connectivity index is 1.98.